The summed E-state index contributed by atoms with van der Waals surface area (Å²) in [6.07, 6.45) is 1.90. The van der Waals surface area contributed by atoms with Gasteiger partial charge in [-0.2, -0.15) is 4.31 Å². The van der Waals surface area contributed by atoms with Crippen LogP contribution in [0.4, 0.5) is 0 Å². The average molecular weight is 383 g/mol. The molecular weight excluding hydrogens is 364 g/mol. The van der Waals surface area contributed by atoms with E-state index in [1.807, 2.05) is 30.3 Å². The van der Waals surface area contributed by atoms with E-state index >= 15 is 0 Å². The van der Waals surface area contributed by atoms with Crippen LogP contribution in [-0.4, -0.2) is 37.0 Å². The topological polar surface area (TPSA) is 79.7 Å². The molecule has 0 spiro atoms. The van der Waals surface area contributed by atoms with Gasteiger partial charge in [0, 0.05) is 12.1 Å². The third-order valence-corrected chi connectivity index (χ3v) is 4.68. The van der Waals surface area contributed by atoms with Gasteiger partial charge in [0.15, 0.2) is 0 Å². The van der Waals surface area contributed by atoms with E-state index in [1.54, 1.807) is 12.1 Å². The lowest BCUT2D eigenvalue weighted by molar-refractivity contribution is 0.0600. The highest BCUT2D eigenvalue weighted by molar-refractivity contribution is 7.76. The predicted molar refractivity (Wildman–Crippen MR) is 96.4 cm³/mol. The maximum atomic E-state index is 11.9. The Labute approximate surface area is 154 Å². The number of alkyl halides is 1. The van der Waals surface area contributed by atoms with E-state index in [2.05, 4.69) is 9.72 Å². The molecule has 1 aromatic carbocycles. The number of pyridine rings is 1. The van der Waals surface area contributed by atoms with Crippen molar-refractivity contribution in [2.75, 3.05) is 13.0 Å². The maximum Gasteiger partial charge on any atom is 0.339 e. The molecule has 8 heteroatoms. The third-order valence-electron chi connectivity index (χ3n) is 3.68. The van der Waals surface area contributed by atoms with Crippen LogP contribution < -0.4 is 0 Å². The van der Waals surface area contributed by atoms with Gasteiger partial charge in [-0.1, -0.05) is 30.3 Å². The zero-order valence-corrected chi connectivity index (χ0v) is 15.2. The van der Waals surface area contributed by atoms with Crippen molar-refractivity contribution in [1.29, 1.82) is 0 Å². The number of carbonyl (C=O) groups excluding carboxylic acids is 1. The van der Waals surface area contributed by atoms with Crippen molar-refractivity contribution in [3.05, 3.63) is 65.5 Å². The highest BCUT2D eigenvalue weighted by Crippen LogP contribution is 2.27. The first-order chi connectivity index (χ1) is 12.1. The minimum Gasteiger partial charge on any atom is -0.465 e. The smallest absolute Gasteiger partial charge is 0.339 e. The minimum absolute atomic E-state index is 0.140. The third kappa shape index (κ3) is 5.34. The van der Waals surface area contributed by atoms with Crippen LogP contribution in [0.2, 0.25) is 0 Å². The van der Waals surface area contributed by atoms with E-state index < -0.39 is 17.2 Å². The highest BCUT2D eigenvalue weighted by atomic mass is 35.5. The Hall–Kier alpha value is -1.80. The van der Waals surface area contributed by atoms with Crippen molar-refractivity contribution in [2.24, 2.45) is 0 Å². The van der Waals surface area contributed by atoms with Crippen LogP contribution in [0.1, 0.15) is 34.1 Å². The fraction of sp³-hybridized carbons (Fsp3) is 0.294. The highest BCUT2D eigenvalue weighted by Gasteiger charge is 2.25. The molecule has 134 valence electrons. The van der Waals surface area contributed by atoms with Gasteiger partial charge in [0.05, 0.1) is 31.0 Å². The van der Waals surface area contributed by atoms with Gasteiger partial charge in [0.1, 0.15) is 0 Å². The molecule has 2 rings (SSSR count). The normalized spacial score (nSPS) is 13.4. The molecule has 2 aromatic rings. The van der Waals surface area contributed by atoms with Gasteiger partial charge in [-0.3, -0.25) is 9.54 Å². The Balaban J connectivity index is 2.24. The van der Waals surface area contributed by atoms with Gasteiger partial charge in [0.2, 0.25) is 11.3 Å². The predicted octanol–water partition coefficient (Wildman–Crippen LogP) is 3.18. The van der Waals surface area contributed by atoms with Gasteiger partial charge in [-0.25, -0.2) is 9.00 Å². The molecule has 1 N–H and O–H groups in total. The molecule has 0 amide bonds. The fourth-order valence-electron chi connectivity index (χ4n) is 2.45. The van der Waals surface area contributed by atoms with E-state index in [0.717, 1.165) is 5.56 Å². The number of methoxy groups -OCH3 is 1. The standard InChI is InChI=1S/C17H19ClN2O4S/c1-24-17(21)14-7-8-15(19-11-14)12-20(25(22)23)16(9-10-18)13-5-3-2-4-6-13/h2-8,11,16H,9-10,12H2,1H3,(H,22,23). The zero-order valence-electron chi connectivity index (χ0n) is 13.7. The van der Waals surface area contributed by atoms with Crippen LogP contribution in [0.3, 0.4) is 0 Å². The Bertz CT molecular complexity index is 712. The van der Waals surface area contributed by atoms with Crippen molar-refractivity contribution in [1.82, 2.24) is 9.29 Å². The molecule has 0 aliphatic carbocycles. The summed E-state index contributed by atoms with van der Waals surface area (Å²) in [5, 5.41) is 0. The lowest BCUT2D eigenvalue weighted by atomic mass is 10.0. The van der Waals surface area contributed by atoms with Crippen molar-refractivity contribution in [3.63, 3.8) is 0 Å². The fourth-order valence-corrected chi connectivity index (χ4v) is 3.34. The van der Waals surface area contributed by atoms with E-state index in [9.17, 15) is 13.6 Å². The lowest BCUT2D eigenvalue weighted by Crippen LogP contribution is -2.31. The number of benzene rings is 1. The van der Waals surface area contributed by atoms with Crippen molar-refractivity contribution in [3.8, 4) is 0 Å². The maximum absolute atomic E-state index is 11.9. The Morgan fingerprint density at radius 2 is 2.04 bits per heavy atom. The average Bonchev–Trinajstić information content (AvgIpc) is 2.65. The molecule has 0 radical (unpaired) electrons. The van der Waals surface area contributed by atoms with Crippen molar-refractivity contribution >= 4 is 28.8 Å². The molecular formula is C17H19ClN2O4S. The monoisotopic (exact) mass is 382 g/mol. The van der Waals surface area contributed by atoms with Crippen LogP contribution in [0.25, 0.3) is 0 Å². The zero-order chi connectivity index (χ0) is 18.2. The van der Waals surface area contributed by atoms with E-state index in [-0.39, 0.29) is 12.6 Å². The summed E-state index contributed by atoms with van der Waals surface area (Å²) in [5.74, 6) is -0.131. The summed E-state index contributed by atoms with van der Waals surface area (Å²) in [5.41, 5.74) is 1.78. The molecule has 0 fully saturated rings. The number of halogens is 1. The molecule has 0 aliphatic heterocycles. The van der Waals surface area contributed by atoms with E-state index in [4.69, 9.17) is 11.6 Å². The first-order valence-corrected chi connectivity index (χ1v) is 9.18. The summed E-state index contributed by atoms with van der Waals surface area (Å²) in [6.45, 7) is 0.140. The summed E-state index contributed by atoms with van der Waals surface area (Å²) in [4.78, 5) is 15.6. The molecule has 0 saturated carbocycles. The molecule has 0 saturated heterocycles. The van der Waals surface area contributed by atoms with Crippen LogP contribution in [-0.2, 0) is 22.5 Å². The van der Waals surface area contributed by atoms with Crippen LogP contribution in [0, 0.1) is 0 Å². The van der Waals surface area contributed by atoms with Gasteiger partial charge in [0.25, 0.3) is 0 Å². The molecule has 0 aliphatic rings. The number of ether oxygens (including phenoxy) is 1. The number of rotatable bonds is 8. The number of nitrogens with zero attached hydrogens (tertiary/aromatic N) is 2. The first kappa shape index (κ1) is 19.5. The lowest BCUT2D eigenvalue weighted by Gasteiger charge is -2.27. The Morgan fingerprint density at radius 1 is 1.32 bits per heavy atom. The molecule has 0 bridgehead atoms. The molecule has 25 heavy (non-hydrogen) atoms. The Morgan fingerprint density at radius 3 is 2.56 bits per heavy atom. The molecule has 2 unspecified atom stereocenters. The number of hydrogen-bond acceptors (Lipinski definition) is 4. The van der Waals surface area contributed by atoms with Crippen LogP contribution in [0.15, 0.2) is 48.7 Å². The van der Waals surface area contributed by atoms with Gasteiger partial charge in [-0.05, 0) is 24.1 Å². The van der Waals surface area contributed by atoms with Crippen LogP contribution >= 0.6 is 11.6 Å². The van der Waals surface area contributed by atoms with Gasteiger partial charge >= 0.3 is 5.97 Å². The number of hydrogen-bond donors (Lipinski definition) is 1. The second-order valence-electron chi connectivity index (χ2n) is 5.24. The molecule has 1 heterocycles. The summed E-state index contributed by atoms with van der Waals surface area (Å²) >= 11 is 3.69. The second-order valence-corrected chi connectivity index (χ2v) is 6.55. The number of esters is 1. The number of carbonyl (C=O) groups is 1. The Kier molecular flexibility index (Phi) is 7.52. The summed E-state index contributed by atoms with van der Waals surface area (Å²) < 4.78 is 27.7. The largest absolute Gasteiger partial charge is 0.465 e. The quantitative estimate of drug-likeness (QED) is 0.431. The van der Waals surface area contributed by atoms with Crippen molar-refractivity contribution < 1.29 is 18.3 Å². The van der Waals surface area contributed by atoms with Gasteiger partial charge in [-0.15, -0.1) is 11.6 Å². The summed E-state index contributed by atoms with van der Waals surface area (Å²) in [7, 11) is 1.30. The van der Waals surface area contributed by atoms with E-state index in [0.29, 0.717) is 23.6 Å². The van der Waals surface area contributed by atoms with Crippen LogP contribution in [0.5, 0.6) is 0 Å². The summed E-state index contributed by atoms with van der Waals surface area (Å²) in [6, 6.07) is 12.3. The van der Waals surface area contributed by atoms with E-state index in [1.165, 1.54) is 17.6 Å². The van der Waals surface area contributed by atoms with Gasteiger partial charge < -0.3 is 4.74 Å². The second kappa shape index (κ2) is 9.62. The minimum atomic E-state index is -2.21. The van der Waals surface area contributed by atoms with Crippen molar-refractivity contribution in [2.45, 2.75) is 19.0 Å². The first-order valence-electron chi connectivity index (χ1n) is 7.58. The SMILES string of the molecule is COC(=O)c1ccc(CN(C(CCCl)c2ccccc2)S(=O)O)nc1. The molecule has 6 nitrogen and oxygen atoms in total. The molecule has 2 atom stereocenters. The molecule has 1 aromatic heterocycles. The number of aromatic nitrogens is 1.